The first kappa shape index (κ1) is 20.0. The first-order valence-electron chi connectivity index (χ1n) is 10.4. The first-order chi connectivity index (χ1) is 14.7. The van der Waals surface area contributed by atoms with Crippen molar-refractivity contribution in [2.45, 2.75) is 19.9 Å². The van der Waals surface area contributed by atoms with Crippen molar-refractivity contribution in [3.63, 3.8) is 0 Å². The average molecular weight is 395 g/mol. The maximum atomic E-state index is 8.92. The van der Waals surface area contributed by atoms with Gasteiger partial charge < -0.3 is 0 Å². The van der Waals surface area contributed by atoms with Crippen molar-refractivity contribution in [2.75, 3.05) is 19.6 Å². The molecule has 4 heteroatoms. The van der Waals surface area contributed by atoms with E-state index in [4.69, 9.17) is 10.3 Å². The second-order valence-electron chi connectivity index (χ2n) is 8.04. The average Bonchev–Trinajstić information content (AvgIpc) is 2.76. The zero-order valence-corrected chi connectivity index (χ0v) is 17.4. The van der Waals surface area contributed by atoms with Gasteiger partial charge in [0.25, 0.3) is 0 Å². The molecule has 0 amide bonds. The Morgan fingerprint density at radius 3 is 2.47 bits per heavy atom. The largest absolute Gasteiger partial charge is 0.298 e. The van der Waals surface area contributed by atoms with E-state index in [0.29, 0.717) is 17.9 Å². The van der Waals surface area contributed by atoms with Crippen molar-refractivity contribution in [3.05, 3.63) is 82.9 Å². The number of nitriles is 1. The quantitative estimate of drug-likeness (QED) is 0.443. The van der Waals surface area contributed by atoms with Crippen LogP contribution in [0, 0.1) is 17.2 Å². The fraction of sp³-hybridized carbons (Fsp3) is 0.269. The van der Waals surface area contributed by atoms with Crippen LogP contribution in [-0.4, -0.2) is 37.1 Å². The number of hydrogen-bond acceptors (Lipinski definition) is 3. The van der Waals surface area contributed by atoms with E-state index in [0.717, 1.165) is 30.0 Å². The van der Waals surface area contributed by atoms with E-state index >= 15 is 0 Å². The molecule has 0 radical (unpaired) electrons. The van der Waals surface area contributed by atoms with Crippen molar-refractivity contribution in [1.82, 2.24) is 4.90 Å². The van der Waals surface area contributed by atoms with Gasteiger partial charge in [0.1, 0.15) is 0 Å². The lowest BCUT2D eigenvalue weighted by Crippen LogP contribution is -2.44. The van der Waals surface area contributed by atoms with E-state index in [9.17, 15) is 0 Å². The minimum atomic E-state index is 0.627. The molecule has 3 aromatic carbocycles. The van der Waals surface area contributed by atoms with Gasteiger partial charge in [-0.25, -0.2) is 4.99 Å². The molecule has 0 N–H and O–H groups in total. The van der Waals surface area contributed by atoms with Gasteiger partial charge >= 0.3 is 0 Å². The molecule has 0 atom stereocenters. The number of benzene rings is 3. The summed E-state index contributed by atoms with van der Waals surface area (Å²) in [5.74, 6) is 1.49. The highest BCUT2D eigenvalue weighted by atomic mass is 15.2. The summed E-state index contributed by atoms with van der Waals surface area (Å²) in [6, 6.07) is 22.6. The van der Waals surface area contributed by atoms with Crippen LogP contribution in [0.5, 0.6) is 0 Å². The van der Waals surface area contributed by atoms with Crippen molar-refractivity contribution in [3.8, 4) is 6.07 Å². The van der Waals surface area contributed by atoms with E-state index in [1.165, 1.54) is 29.4 Å². The van der Waals surface area contributed by atoms with Crippen molar-refractivity contribution < 1.29 is 0 Å². The van der Waals surface area contributed by atoms with Crippen molar-refractivity contribution in [1.29, 1.82) is 5.26 Å². The van der Waals surface area contributed by atoms with E-state index in [1.807, 2.05) is 24.3 Å². The fourth-order valence-corrected chi connectivity index (χ4v) is 4.15. The number of hydrogen-bond donors (Lipinski definition) is 0. The number of likely N-dealkylation sites (tertiary alicyclic amines) is 1. The molecule has 1 fully saturated rings. The predicted molar refractivity (Wildman–Crippen MR) is 124 cm³/mol. The van der Waals surface area contributed by atoms with Gasteiger partial charge in [-0.15, -0.1) is 0 Å². The standard InChI is InChI=1S/C26H26N4/c1-19-16-30(17-19)18-22-11-12-25(24-6-4-3-5-23(22)24)26(28-2)29-14-13-20-7-9-21(15-27)10-8-20/h3-12,19H,2,13-14,16-18H2,1H3. The highest BCUT2D eigenvalue weighted by molar-refractivity contribution is 6.11. The minimum absolute atomic E-state index is 0.627. The van der Waals surface area contributed by atoms with Crippen LogP contribution in [0.3, 0.4) is 0 Å². The van der Waals surface area contributed by atoms with Crippen LogP contribution in [0.25, 0.3) is 10.8 Å². The van der Waals surface area contributed by atoms with E-state index in [2.05, 4.69) is 66.0 Å². The van der Waals surface area contributed by atoms with Crippen molar-refractivity contribution >= 4 is 23.3 Å². The summed E-state index contributed by atoms with van der Waals surface area (Å²) in [7, 11) is 0. The molecule has 0 bridgehead atoms. The zero-order valence-electron chi connectivity index (χ0n) is 17.4. The molecule has 3 aromatic rings. The Bertz CT molecular complexity index is 1120. The molecule has 0 saturated carbocycles. The molecule has 0 aromatic heterocycles. The Morgan fingerprint density at radius 1 is 1.07 bits per heavy atom. The van der Waals surface area contributed by atoms with E-state index in [1.54, 1.807) is 0 Å². The van der Waals surface area contributed by atoms with Crippen LogP contribution in [0.15, 0.2) is 70.6 Å². The van der Waals surface area contributed by atoms with Gasteiger partial charge in [0.15, 0.2) is 5.84 Å². The van der Waals surface area contributed by atoms with Gasteiger partial charge in [-0.1, -0.05) is 55.5 Å². The smallest absolute Gasteiger partial charge is 0.154 e. The zero-order chi connectivity index (χ0) is 20.9. The molecular weight excluding hydrogens is 368 g/mol. The number of nitrogens with zero attached hydrogens (tertiary/aromatic N) is 4. The summed E-state index contributed by atoms with van der Waals surface area (Å²) in [5.41, 5.74) is 4.21. The number of aliphatic imine (C=N–C) groups is 2. The lowest BCUT2D eigenvalue weighted by Gasteiger charge is -2.37. The molecule has 0 spiro atoms. The second-order valence-corrected chi connectivity index (χ2v) is 8.04. The van der Waals surface area contributed by atoms with Crippen molar-refractivity contribution in [2.24, 2.45) is 15.9 Å². The monoisotopic (exact) mass is 394 g/mol. The summed E-state index contributed by atoms with van der Waals surface area (Å²) in [4.78, 5) is 11.5. The molecule has 1 heterocycles. The van der Waals surface area contributed by atoms with Crippen LogP contribution in [-0.2, 0) is 13.0 Å². The predicted octanol–water partition coefficient (Wildman–Crippen LogP) is 4.85. The van der Waals surface area contributed by atoms with Crippen LogP contribution in [0.1, 0.15) is 29.2 Å². The molecule has 0 unspecified atom stereocenters. The lowest BCUT2D eigenvalue weighted by molar-refractivity contribution is 0.105. The molecule has 30 heavy (non-hydrogen) atoms. The van der Waals surface area contributed by atoms with Crippen LogP contribution in [0.4, 0.5) is 0 Å². The Morgan fingerprint density at radius 2 is 1.80 bits per heavy atom. The molecule has 0 aliphatic carbocycles. The lowest BCUT2D eigenvalue weighted by atomic mass is 9.96. The molecular formula is C26H26N4. The molecule has 150 valence electrons. The minimum Gasteiger partial charge on any atom is -0.298 e. The fourth-order valence-electron chi connectivity index (χ4n) is 4.15. The van der Waals surface area contributed by atoms with Gasteiger partial charge in [-0.3, -0.25) is 9.89 Å². The third-order valence-electron chi connectivity index (χ3n) is 5.68. The molecule has 1 aliphatic rings. The Labute approximate surface area is 178 Å². The van der Waals surface area contributed by atoms with Crippen LogP contribution in [0.2, 0.25) is 0 Å². The second kappa shape index (κ2) is 9.02. The Balaban J connectivity index is 1.56. The summed E-state index contributed by atoms with van der Waals surface area (Å²) >= 11 is 0. The van der Waals surface area contributed by atoms with Gasteiger partial charge in [0.2, 0.25) is 0 Å². The topological polar surface area (TPSA) is 51.8 Å². The maximum absolute atomic E-state index is 8.92. The first-order valence-corrected chi connectivity index (χ1v) is 10.4. The highest BCUT2D eigenvalue weighted by Crippen LogP contribution is 2.27. The third-order valence-corrected chi connectivity index (χ3v) is 5.68. The third kappa shape index (κ3) is 4.32. The number of amidine groups is 1. The normalized spacial score (nSPS) is 15.0. The Hall–Kier alpha value is -3.29. The van der Waals surface area contributed by atoms with Crippen LogP contribution >= 0.6 is 0 Å². The Kier molecular flexibility index (Phi) is 6.02. The van der Waals surface area contributed by atoms with E-state index in [-0.39, 0.29) is 0 Å². The van der Waals surface area contributed by atoms with Gasteiger partial charge in [0.05, 0.1) is 11.6 Å². The van der Waals surface area contributed by atoms with Crippen LogP contribution < -0.4 is 0 Å². The number of fused-ring (bicyclic) bond motifs is 1. The summed E-state index contributed by atoms with van der Waals surface area (Å²) in [6.07, 6.45) is 0.799. The molecule has 4 rings (SSSR count). The maximum Gasteiger partial charge on any atom is 0.154 e. The van der Waals surface area contributed by atoms with Gasteiger partial charge in [0, 0.05) is 31.7 Å². The SMILES string of the molecule is C=NC(=NCCc1ccc(C#N)cc1)c1ccc(CN2CC(C)C2)c2ccccc12. The van der Waals surface area contributed by atoms with Gasteiger partial charge in [-0.2, -0.15) is 5.26 Å². The number of rotatable bonds is 6. The summed E-state index contributed by atoms with van der Waals surface area (Å²) in [6.45, 7) is 10.0. The van der Waals surface area contributed by atoms with Gasteiger partial charge in [-0.05, 0) is 53.1 Å². The molecule has 1 saturated heterocycles. The summed E-state index contributed by atoms with van der Waals surface area (Å²) < 4.78 is 0. The highest BCUT2D eigenvalue weighted by Gasteiger charge is 2.23. The molecule has 1 aliphatic heterocycles. The molecule has 4 nitrogen and oxygen atoms in total. The van der Waals surface area contributed by atoms with E-state index < -0.39 is 0 Å². The summed E-state index contributed by atoms with van der Waals surface area (Å²) in [5, 5.41) is 11.4.